The fourth-order valence-corrected chi connectivity index (χ4v) is 2.17. The van der Waals surface area contributed by atoms with E-state index in [1.807, 2.05) is 0 Å². The third-order valence-electron chi connectivity index (χ3n) is 2.64. The molecule has 3 atom stereocenters. The van der Waals surface area contributed by atoms with Gasteiger partial charge in [-0.05, 0) is 6.42 Å². The highest BCUT2D eigenvalue weighted by Crippen LogP contribution is 2.17. The van der Waals surface area contributed by atoms with Crippen LogP contribution >= 0.6 is 15.9 Å². The highest BCUT2D eigenvalue weighted by atomic mass is 79.9. The maximum atomic E-state index is 11.7. The van der Waals surface area contributed by atoms with E-state index in [0.29, 0.717) is 26.4 Å². The molecule has 1 amide bonds. The third-order valence-corrected chi connectivity index (χ3v) is 3.54. The largest absolute Gasteiger partial charge is 0.381 e. The summed E-state index contributed by atoms with van der Waals surface area (Å²) in [5.74, 6) is 0.137. The molecular weight excluding hydrogens is 250 g/mol. The number of nitrogens with one attached hydrogen (secondary N) is 1. The summed E-state index contributed by atoms with van der Waals surface area (Å²) in [5.41, 5.74) is 0. The van der Waals surface area contributed by atoms with Crippen molar-refractivity contribution in [1.29, 1.82) is 0 Å². The van der Waals surface area contributed by atoms with Crippen molar-refractivity contribution in [3.63, 3.8) is 0 Å². The second kappa shape index (κ2) is 4.59. The van der Waals surface area contributed by atoms with E-state index in [2.05, 4.69) is 21.2 Å². The molecule has 2 rings (SSSR count). The van der Waals surface area contributed by atoms with Crippen molar-refractivity contribution in [3.05, 3.63) is 0 Å². The summed E-state index contributed by atoms with van der Waals surface area (Å²) in [6.07, 6.45) is 0.840. The number of rotatable bonds is 2. The van der Waals surface area contributed by atoms with E-state index in [-0.39, 0.29) is 22.7 Å². The highest BCUT2D eigenvalue weighted by Gasteiger charge is 2.31. The summed E-state index contributed by atoms with van der Waals surface area (Å²) in [7, 11) is 0. The highest BCUT2D eigenvalue weighted by molar-refractivity contribution is 9.09. The molecule has 4 nitrogen and oxygen atoms in total. The SMILES string of the molecule is O=C(NC1COCC1Br)C1CCOC1. The maximum Gasteiger partial charge on any atom is 0.225 e. The van der Waals surface area contributed by atoms with Crippen molar-refractivity contribution in [3.8, 4) is 0 Å². The Morgan fingerprint density at radius 1 is 1.29 bits per heavy atom. The Morgan fingerprint density at radius 3 is 2.71 bits per heavy atom. The summed E-state index contributed by atoms with van der Waals surface area (Å²) in [4.78, 5) is 11.9. The summed E-state index contributed by atoms with van der Waals surface area (Å²) < 4.78 is 10.4. The number of alkyl halides is 1. The number of carbonyl (C=O) groups excluding carboxylic acids is 1. The Kier molecular flexibility index (Phi) is 3.41. The van der Waals surface area contributed by atoms with Crippen molar-refractivity contribution in [2.45, 2.75) is 17.3 Å². The van der Waals surface area contributed by atoms with E-state index in [1.165, 1.54) is 0 Å². The van der Waals surface area contributed by atoms with Crippen LogP contribution < -0.4 is 5.32 Å². The minimum absolute atomic E-state index is 0.0373. The molecule has 14 heavy (non-hydrogen) atoms. The molecule has 0 radical (unpaired) electrons. The lowest BCUT2D eigenvalue weighted by Crippen LogP contribution is -2.43. The van der Waals surface area contributed by atoms with Gasteiger partial charge in [-0.3, -0.25) is 4.79 Å². The van der Waals surface area contributed by atoms with Crippen LogP contribution in [0.15, 0.2) is 0 Å². The zero-order chi connectivity index (χ0) is 9.97. The second-order valence-corrected chi connectivity index (χ2v) is 4.91. The molecule has 2 aliphatic rings. The Labute approximate surface area is 91.5 Å². The Balaban J connectivity index is 1.81. The molecule has 0 aromatic carbocycles. The molecule has 0 bridgehead atoms. The van der Waals surface area contributed by atoms with Crippen LogP contribution in [-0.2, 0) is 14.3 Å². The summed E-state index contributed by atoms with van der Waals surface area (Å²) in [5, 5.41) is 2.98. The number of hydrogen-bond donors (Lipinski definition) is 1. The predicted octanol–water partition coefficient (Wildman–Crippen LogP) is 0.301. The zero-order valence-electron chi connectivity index (χ0n) is 7.87. The van der Waals surface area contributed by atoms with E-state index in [1.54, 1.807) is 0 Å². The Morgan fingerprint density at radius 2 is 2.14 bits per heavy atom. The van der Waals surface area contributed by atoms with Gasteiger partial charge in [0.2, 0.25) is 5.91 Å². The minimum atomic E-state index is 0.0373. The molecule has 2 saturated heterocycles. The van der Waals surface area contributed by atoms with E-state index < -0.39 is 0 Å². The van der Waals surface area contributed by atoms with Crippen LogP contribution in [0.2, 0.25) is 0 Å². The van der Waals surface area contributed by atoms with Gasteiger partial charge in [0, 0.05) is 6.61 Å². The molecule has 5 heteroatoms. The van der Waals surface area contributed by atoms with Gasteiger partial charge >= 0.3 is 0 Å². The van der Waals surface area contributed by atoms with Gasteiger partial charge in [0.15, 0.2) is 0 Å². The van der Waals surface area contributed by atoms with Crippen molar-refractivity contribution in [2.75, 3.05) is 26.4 Å². The molecule has 80 valence electrons. The molecule has 0 aliphatic carbocycles. The quantitative estimate of drug-likeness (QED) is 0.730. The lowest BCUT2D eigenvalue weighted by atomic mass is 10.1. The van der Waals surface area contributed by atoms with Gasteiger partial charge in [-0.1, -0.05) is 15.9 Å². The molecule has 0 aromatic rings. The van der Waals surface area contributed by atoms with E-state index in [0.717, 1.165) is 6.42 Å². The topological polar surface area (TPSA) is 47.6 Å². The van der Waals surface area contributed by atoms with E-state index >= 15 is 0 Å². The minimum Gasteiger partial charge on any atom is -0.381 e. The Hall–Kier alpha value is -0.130. The fraction of sp³-hybridized carbons (Fsp3) is 0.889. The molecule has 0 aromatic heterocycles. The van der Waals surface area contributed by atoms with Gasteiger partial charge < -0.3 is 14.8 Å². The number of carbonyl (C=O) groups is 1. The van der Waals surface area contributed by atoms with Crippen molar-refractivity contribution >= 4 is 21.8 Å². The summed E-state index contributed by atoms with van der Waals surface area (Å²) in [6, 6.07) is 0.114. The molecule has 2 aliphatic heterocycles. The van der Waals surface area contributed by atoms with Crippen LogP contribution in [-0.4, -0.2) is 43.2 Å². The standard InChI is InChI=1S/C9H14BrNO3/c10-7-4-14-5-8(7)11-9(12)6-1-2-13-3-6/h6-8H,1-5H2,(H,11,12). The molecule has 0 saturated carbocycles. The molecule has 3 unspecified atom stereocenters. The van der Waals surface area contributed by atoms with Gasteiger partial charge in [0.25, 0.3) is 0 Å². The first-order valence-electron chi connectivity index (χ1n) is 4.87. The van der Waals surface area contributed by atoms with Crippen LogP contribution in [0.5, 0.6) is 0 Å². The number of amides is 1. The summed E-state index contributed by atoms with van der Waals surface area (Å²) in [6.45, 7) is 2.55. The second-order valence-electron chi connectivity index (χ2n) is 3.73. The summed E-state index contributed by atoms with van der Waals surface area (Å²) >= 11 is 3.47. The van der Waals surface area contributed by atoms with E-state index in [9.17, 15) is 4.79 Å². The van der Waals surface area contributed by atoms with Crippen LogP contribution in [0.3, 0.4) is 0 Å². The molecule has 0 spiro atoms. The predicted molar refractivity (Wildman–Crippen MR) is 54.4 cm³/mol. The number of ether oxygens (including phenoxy) is 2. The average molecular weight is 264 g/mol. The third kappa shape index (κ3) is 2.27. The van der Waals surface area contributed by atoms with Gasteiger partial charge in [0.1, 0.15) is 0 Å². The number of halogens is 1. The maximum absolute atomic E-state index is 11.7. The van der Waals surface area contributed by atoms with Crippen molar-refractivity contribution in [2.24, 2.45) is 5.92 Å². The van der Waals surface area contributed by atoms with Crippen LogP contribution in [0.1, 0.15) is 6.42 Å². The monoisotopic (exact) mass is 263 g/mol. The van der Waals surface area contributed by atoms with Gasteiger partial charge in [-0.15, -0.1) is 0 Å². The zero-order valence-corrected chi connectivity index (χ0v) is 9.46. The van der Waals surface area contributed by atoms with Gasteiger partial charge in [0.05, 0.1) is 36.6 Å². The van der Waals surface area contributed by atoms with Crippen LogP contribution in [0.4, 0.5) is 0 Å². The van der Waals surface area contributed by atoms with Crippen LogP contribution in [0.25, 0.3) is 0 Å². The van der Waals surface area contributed by atoms with Gasteiger partial charge in [-0.2, -0.15) is 0 Å². The van der Waals surface area contributed by atoms with Crippen molar-refractivity contribution < 1.29 is 14.3 Å². The molecule has 2 heterocycles. The first kappa shape index (κ1) is 10.4. The fourth-order valence-electron chi connectivity index (χ4n) is 1.70. The molecule has 2 fully saturated rings. The molecule has 1 N–H and O–H groups in total. The lowest BCUT2D eigenvalue weighted by Gasteiger charge is -2.16. The first-order chi connectivity index (χ1) is 6.77. The average Bonchev–Trinajstić information content (AvgIpc) is 2.77. The lowest BCUT2D eigenvalue weighted by molar-refractivity contribution is -0.125. The Bertz CT molecular complexity index is 218. The van der Waals surface area contributed by atoms with E-state index in [4.69, 9.17) is 9.47 Å². The normalized spacial score (nSPS) is 37.4. The number of hydrogen-bond acceptors (Lipinski definition) is 3. The molecular formula is C9H14BrNO3. The van der Waals surface area contributed by atoms with Crippen molar-refractivity contribution in [1.82, 2.24) is 5.32 Å². The van der Waals surface area contributed by atoms with Gasteiger partial charge in [-0.25, -0.2) is 0 Å². The van der Waals surface area contributed by atoms with Crippen LogP contribution in [0, 0.1) is 5.92 Å². The smallest absolute Gasteiger partial charge is 0.225 e. The first-order valence-corrected chi connectivity index (χ1v) is 5.79.